The largest absolute Gasteiger partial charge is 0.398 e. The maximum atomic E-state index is 6.07. The van der Waals surface area contributed by atoms with Crippen LogP contribution in [0.4, 0.5) is 5.69 Å². The van der Waals surface area contributed by atoms with Gasteiger partial charge in [-0.25, -0.2) is 0 Å². The fraction of sp³-hybridized carbons (Fsp3) is 0.571. The maximum Gasteiger partial charge on any atom is 0.0371 e. The highest BCUT2D eigenvalue weighted by Gasteiger charge is 2.30. The molecule has 2 rings (SSSR count). The molecule has 1 fully saturated rings. The summed E-state index contributed by atoms with van der Waals surface area (Å²) >= 11 is 3.45. The Bertz CT molecular complexity index is 431. The van der Waals surface area contributed by atoms with Crippen LogP contribution in [-0.2, 0) is 6.54 Å². The van der Waals surface area contributed by atoms with E-state index in [1.807, 2.05) is 6.07 Å². The molecule has 4 heteroatoms. The standard InChI is InChI=1S/C14H22BrN3/c1-14(2)10-18(7-6-17(14)3)9-11-4-5-12(15)8-13(11)16/h4-5,8H,6-7,9-10,16H2,1-3H3. The molecule has 0 aliphatic carbocycles. The zero-order chi connectivity index (χ0) is 13.3. The van der Waals surface area contributed by atoms with Gasteiger partial charge in [0, 0.05) is 41.9 Å². The molecule has 1 heterocycles. The Kier molecular flexibility index (Phi) is 3.99. The van der Waals surface area contributed by atoms with Gasteiger partial charge < -0.3 is 5.73 Å². The summed E-state index contributed by atoms with van der Waals surface area (Å²) in [6.45, 7) is 8.84. The fourth-order valence-electron chi connectivity index (χ4n) is 2.43. The van der Waals surface area contributed by atoms with Crippen LogP contribution in [0.25, 0.3) is 0 Å². The second-order valence-electron chi connectivity index (χ2n) is 5.79. The first-order valence-electron chi connectivity index (χ1n) is 6.36. The predicted molar refractivity (Wildman–Crippen MR) is 80.5 cm³/mol. The number of likely N-dealkylation sites (N-methyl/N-ethyl adjacent to an activating group) is 1. The number of hydrogen-bond donors (Lipinski definition) is 1. The number of nitrogen functional groups attached to an aromatic ring is 1. The molecular weight excluding hydrogens is 290 g/mol. The molecule has 0 bridgehead atoms. The third-order valence-corrected chi connectivity index (χ3v) is 4.39. The van der Waals surface area contributed by atoms with E-state index in [4.69, 9.17) is 5.73 Å². The van der Waals surface area contributed by atoms with Gasteiger partial charge in [-0.3, -0.25) is 9.80 Å². The van der Waals surface area contributed by atoms with Crippen molar-refractivity contribution in [1.82, 2.24) is 9.80 Å². The average molecular weight is 312 g/mol. The summed E-state index contributed by atoms with van der Waals surface area (Å²) < 4.78 is 1.04. The minimum atomic E-state index is 0.238. The molecule has 18 heavy (non-hydrogen) atoms. The van der Waals surface area contributed by atoms with E-state index in [0.717, 1.165) is 36.3 Å². The Morgan fingerprint density at radius 3 is 2.67 bits per heavy atom. The number of piperazine rings is 1. The molecule has 0 amide bonds. The third-order valence-electron chi connectivity index (χ3n) is 3.90. The highest BCUT2D eigenvalue weighted by Crippen LogP contribution is 2.24. The van der Waals surface area contributed by atoms with Crippen LogP contribution in [0.5, 0.6) is 0 Å². The van der Waals surface area contributed by atoms with Gasteiger partial charge in [0.15, 0.2) is 0 Å². The van der Waals surface area contributed by atoms with Crippen molar-refractivity contribution in [2.75, 3.05) is 32.4 Å². The van der Waals surface area contributed by atoms with Crippen molar-refractivity contribution >= 4 is 21.6 Å². The lowest BCUT2D eigenvalue weighted by molar-refractivity contribution is 0.0361. The van der Waals surface area contributed by atoms with Gasteiger partial charge in [0.1, 0.15) is 0 Å². The second kappa shape index (κ2) is 5.19. The summed E-state index contributed by atoms with van der Waals surface area (Å²) in [6, 6.07) is 6.16. The minimum Gasteiger partial charge on any atom is -0.398 e. The highest BCUT2D eigenvalue weighted by atomic mass is 79.9. The summed E-state index contributed by atoms with van der Waals surface area (Å²) in [5.41, 5.74) is 8.40. The molecule has 1 saturated heterocycles. The number of hydrogen-bond acceptors (Lipinski definition) is 3. The van der Waals surface area contributed by atoms with Crippen LogP contribution in [0.2, 0.25) is 0 Å². The monoisotopic (exact) mass is 311 g/mol. The molecule has 0 radical (unpaired) electrons. The van der Waals surface area contributed by atoms with Gasteiger partial charge in [0.25, 0.3) is 0 Å². The van der Waals surface area contributed by atoms with E-state index in [0.29, 0.717) is 0 Å². The molecule has 0 atom stereocenters. The van der Waals surface area contributed by atoms with E-state index in [-0.39, 0.29) is 5.54 Å². The van der Waals surface area contributed by atoms with Crippen molar-refractivity contribution in [2.24, 2.45) is 0 Å². The van der Waals surface area contributed by atoms with Crippen LogP contribution in [0.3, 0.4) is 0 Å². The van der Waals surface area contributed by atoms with Crippen LogP contribution in [0.1, 0.15) is 19.4 Å². The van der Waals surface area contributed by atoms with Crippen molar-refractivity contribution in [1.29, 1.82) is 0 Å². The Balaban J connectivity index is 2.06. The number of halogens is 1. The first-order chi connectivity index (χ1) is 8.38. The summed E-state index contributed by atoms with van der Waals surface area (Å²) in [5, 5.41) is 0. The van der Waals surface area contributed by atoms with E-state index >= 15 is 0 Å². The molecule has 1 aromatic rings. The second-order valence-corrected chi connectivity index (χ2v) is 6.70. The zero-order valence-electron chi connectivity index (χ0n) is 11.4. The predicted octanol–water partition coefficient (Wildman–Crippen LogP) is 2.56. The van der Waals surface area contributed by atoms with Gasteiger partial charge in [-0.15, -0.1) is 0 Å². The van der Waals surface area contributed by atoms with Crippen LogP contribution >= 0.6 is 15.9 Å². The van der Waals surface area contributed by atoms with Gasteiger partial charge in [0.2, 0.25) is 0 Å². The molecule has 0 unspecified atom stereocenters. The normalized spacial score (nSPS) is 21.1. The molecule has 2 N–H and O–H groups in total. The quantitative estimate of drug-likeness (QED) is 0.852. The van der Waals surface area contributed by atoms with Crippen molar-refractivity contribution in [3.05, 3.63) is 28.2 Å². The third kappa shape index (κ3) is 3.05. The molecule has 1 aliphatic rings. The molecule has 0 aromatic heterocycles. The smallest absolute Gasteiger partial charge is 0.0371 e. The van der Waals surface area contributed by atoms with Crippen molar-refractivity contribution in [3.63, 3.8) is 0 Å². The van der Waals surface area contributed by atoms with Crippen LogP contribution < -0.4 is 5.73 Å². The fourth-order valence-corrected chi connectivity index (χ4v) is 2.81. The summed E-state index contributed by atoms with van der Waals surface area (Å²) in [7, 11) is 2.20. The molecule has 1 aromatic carbocycles. The lowest BCUT2D eigenvalue weighted by Gasteiger charge is -2.45. The van der Waals surface area contributed by atoms with Crippen molar-refractivity contribution in [3.8, 4) is 0 Å². The lowest BCUT2D eigenvalue weighted by Crippen LogP contribution is -2.57. The minimum absolute atomic E-state index is 0.238. The highest BCUT2D eigenvalue weighted by molar-refractivity contribution is 9.10. The Morgan fingerprint density at radius 2 is 2.06 bits per heavy atom. The number of nitrogens with zero attached hydrogens (tertiary/aromatic N) is 2. The average Bonchev–Trinajstić information content (AvgIpc) is 2.27. The van der Waals surface area contributed by atoms with Crippen LogP contribution in [0.15, 0.2) is 22.7 Å². The van der Waals surface area contributed by atoms with E-state index in [9.17, 15) is 0 Å². The van der Waals surface area contributed by atoms with Crippen LogP contribution in [-0.4, -0.2) is 42.0 Å². The molecule has 1 aliphatic heterocycles. The molecule has 100 valence electrons. The van der Waals surface area contributed by atoms with E-state index < -0.39 is 0 Å². The first kappa shape index (κ1) is 13.8. The van der Waals surface area contributed by atoms with Gasteiger partial charge in [-0.2, -0.15) is 0 Å². The molecule has 3 nitrogen and oxygen atoms in total. The van der Waals surface area contributed by atoms with Gasteiger partial charge in [-0.1, -0.05) is 22.0 Å². The lowest BCUT2D eigenvalue weighted by atomic mass is 9.99. The molecule has 0 spiro atoms. The Morgan fingerprint density at radius 1 is 1.33 bits per heavy atom. The summed E-state index contributed by atoms with van der Waals surface area (Å²) in [5.74, 6) is 0. The van der Waals surface area contributed by atoms with Crippen molar-refractivity contribution in [2.45, 2.75) is 25.9 Å². The summed E-state index contributed by atoms with van der Waals surface area (Å²) in [4.78, 5) is 4.91. The number of anilines is 1. The van der Waals surface area contributed by atoms with Gasteiger partial charge in [0.05, 0.1) is 0 Å². The van der Waals surface area contributed by atoms with E-state index in [1.54, 1.807) is 0 Å². The van der Waals surface area contributed by atoms with Gasteiger partial charge >= 0.3 is 0 Å². The zero-order valence-corrected chi connectivity index (χ0v) is 13.0. The summed E-state index contributed by atoms with van der Waals surface area (Å²) in [6.07, 6.45) is 0. The first-order valence-corrected chi connectivity index (χ1v) is 7.15. The Labute approximate surface area is 118 Å². The van der Waals surface area contributed by atoms with Crippen LogP contribution in [0, 0.1) is 0 Å². The maximum absolute atomic E-state index is 6.07. The Hall–Kier alpha value is -0.580. The molecule has 0 saturated carbocycles. The molecular formula is C14H22BrN3. The topological polar surface area (TPSA) is 32.5 Å². The number of rotatable bonds is 2. The van der Waals surface area contributed by atoms with E-state index in [2.05, 4.69) is 58.8 Å². The van der Waals surface area contributed by atoms with Crippen molar-refractivity contribution < 1.29 is 0 Å². The number of nitrogens with two attached hydrogens (primary N) is 1. The SMILES string of the molecule is CN1CCN(Cc2ccc(Br)cc2N)CC1(C)C. The van der Waals surface area contributed by atoms with Gasteiger partial charge in [-0.05, 0) is 38.6 Å². The van der Waals surface area contributed by atoms with E-state index in [1.165, 1.54) is 5.56 Å². The number of benzene rings is 1.